The van der Waals surface area contributed by atoms with Crippen LogP contribution in [0, 0.1) is 6.92 Å². The lowest BCUT2D eigenvalue weighted by Gasteiger charge is -2.11. The van der Waals surface area contributed by atoms with E-state index in [-0.39, 0.29) is 5.91 Å². The van der Waals surface area contributed by atoms with Crippen molar-refractivity contribution in [3.8, 4) is 0 Å². The van der Waals surface area contributed by atoms with Crippen molar-refractivity contribution in [2.45, 2.75) is 52.0 Å². The molecule has 3 heterocycles. The summed E-state index contributed by atoms with van der Waals surface area (Å²) < 4.78 is 0. The molecule has 0 atom stereocenters. The summed E-state index contributed by atoms with van der Waals surface area (Å²) in [6, 6.07) is 0.698. The van der Waals surface area contributed by atoms with Gasteiger partial charge in [-0.05, 0) is 55.9 Å². The molecule has 4 rings (SSSR count). The quantitative estimate of drug-likeness (QED) is 0.636. The smallest absolute Gasteiger partial charge is 0.273 e. The maximum absolute atomic E-state index is 12.4. The zero-order valence-electron chi connectivity index (χ0n) is 16.4. The van der Waals surface area contributed by atoms with Crippen molar-refractivity contribution < 1.29 is 4.79 Å². The van der Waals surface area contributed by atoms with Crippen LogP contribution in [0.3, 0.4) is 0 Å². The second-order valence-electron chi connectivity index (χ2n) is 7.61. The van der Waals surface area contributed by atoms with E-state index in [0.29, 0.717) is 29.1 Å². The van der Waals surface area contributed by atoms with Gasteiger partial charge in [-0.3, -0.25) is 4.79 Å². The molecule has 0 spiro atoms. The van der Waals surface area contributed by atoms with Crippen LogP contribution in [0.25, 0.3) is 6.08 Å². The number of aryl methyl sites for hydroxylation is 1. The van der Waals surface area contributed by atoms with Crippen molar-refractivity contribution in [3.05, 3.63) is 46.3 Å². The van der Waals surface area contributed by atoms with E-state index < -0.39 is 0 Å². The molecule has 0 saturated heterocycles. The van der Waals surface area contributed by atoms with Gasteiger partial charge in [0, 0.05) is 23.6 Å². The first-order valence-electron chi connectivity index (χ1n) is 9.73. The largest absolute Gasteiger partial charge is 0.359 e. The van der Waals surface area contributed by atoms with Crippen molar-refractivity contribution in [1.82, 2.24) is 30.9 Å². The molecule has 3 N–H and O–H groups in total. The third-order valence-corrected chi connectivity index (χ3v) is 5.10. The van der Waals surface area contributed by atoms with Gasteiger partial charge in [-0.2, -0.15) is 10.2 Å². The maximum Gasteiger partial charge on any atom is 0.273 e. The van der Waals surface area contributed by atoms with Crippen LogP contribution in [0.2, 0.25) is 0 Å². The average molecular weight is 379 g/mol. The van der Waals surface area contributed by atoms with E-state index >= 15 is 0 Å². The number of H-pyrrole nitrogens is 1. The third kappa shape index (κ3) is 3.73. The Hall–Kier alpha value is -2.87. The highest BCUT2D eigenvalue weighted by Gasteiger charge is 2.28. The van der Waals surface area contributed by atoms with Gasteiger partial charge in [0.2, 0.25) is 5.82 Å². The topological polar surface area (TPSA) is 108 Å². The van der Waals surface area contributed by atoms with E-state index in [1.807, 2.05) is 6.08 Å². The molecule has 0 bridgehead atoms. The molecule has 1 aliphatic carbocycles. The van der Waals surface area contributed by atoms with Crippen molar-refractivity contribution in [1.29, 1.82) is 0 Å². The molecule has 8 heteroatoms. The molecule has 0 unspecified atom stereocenters. The Morgan fingerprint density at radius 3 is 2.82 bits per heavy atom. The number of hydrazone groups is 1. The summed E-state index contributed by atoms with van der Waals surface area (Å²) in [6.07, 6.45) is 8.42. The number of hydrogen-bond donors (Lipinski definition) is 3. The summed E-state index contributed by atoms with van der Waals surface area (Å²) in [5.74, 6) is 0.393. The Morgan fingerprint density at radius 1 is 1.32 bits per heavy atom. The van der Waals surface area contributed by atoms with Crippen molar-refractivity contribution in [2.75, 3.05) is 6.54 Å². The lowest BCUT2D eigenvalue weighted by molar-refractivity contribution is -0.116. The summed E-state index contributed by atoms with van der Waals surface area (Å²) in [6.45, 7) is 7.41. The number of aromatic amines is 1. The summed E-state index contributed by atoms with van der Waals surface area (Å²) in [5, 5.41) is 15.5. The fourth-order valence-electron chi connectivity index (χ4n) is 3.63. The minimum atomic E-state index is -0.263. The van der Waals surface area contributed by atoms with E-state index in [1.54, 1.807) is 0 Å². The Balaban J connectivity index is 1.67. The summed E-state index contributed by atoms with van der Waals surface area (Å²) >= 11 is 0. The van der Waals surface area contributed by atoms with E-state index in [4.69, 9.17) is 0 Å². The second-order valence-corrected chi connectivity index (χ2v) is 7.61. The number of hydrogen-bond acceptors (Lipinski definition) is 6. The molecule has 8 nitrogen and oxygen atoms in total. The fourth-order valence-corrected chi connectivity index (χ4v) is 3.63. The number of aromatic nitrogens is 4. The predicted molar refractivity (Wildman–Crippen MR) is 107 cm³/mol. The lowest BCUT2D eigenvalue weighted by atomic mass is 9.94. The second kappa shape index (κ2) is 7.63. The zero-order chi connectivity index (χ0) is 19.7. The summed E-state index contributed by atoms with van der Waals surface area (Å²) in [7, 11) is 0. The van der Waals surface area contributed by atoms with E-state index in [9.17, 15) is 4.79 Å². The minimum absolute atomic E-state index is 0.263. The molecule has 2 aromatic heterocycles. The summed E-state index contributed by atoms with van der Waals surface area (Å²) in [4.78, 5) is 20.0. The third-order valence-electron chi connectivity index (χ3n) is 5.10. The highest BCUT2D eigenvalue weighted by atomic mass is 16.2. The van der Waals surface area contributed by atoms with Crippen LogP contribution < -0.4 is 10.7 Å². The van der Waals surface area contributed by atoms with E-state index in [0.717, 1.165) is 24.4 Å². The van der Waals surface area contributed by atoms with E-state index in [2.05, 4.69) is 56.8 Å². The Labute approximate surface area is 163 Å². The van der Waals surface area contributed by atoms with Crippen LogP contribution in [0.1, 0.15) is 60.9 Å². The number of amides is 1. The Kier molecular flexibility index (Phi) is 5.04. The molecule has 1 saturated carbocycles. The van der Waals surface area contributed by atoms with Gasteiger partial charge in [-0.25, -0.2) is 10.4 Å². The minimum Gasteiger partial charge on any atom is -0.359 e. The van der Waals surface area contributed by atoms with Crippen LogP contribution in [-0.4, -0.2) is 44.4 Å². The fraction of sp³-hybridized carbons (Fsp3) is 0.450. The zero-order valence-corrected chi connectivity index (χ0v) is 16.4. The molecular formula is C20H25N7O. The predicted octanol–water partition coefficient (Wildman–Crippen LogP) is 1.84. The van der Waals surface area contributed by atoms with Gasteiger partial charge in [0.25, 0.3) is 5.91 Å². The van der Waals surface area contributed by atoms with Crippen LogP contribution in [0.15, 0.2) is 23.1 Å². The first-order chi connectivity index (χ1) is 13.5. The molecule has 1 amide bonds. The first kappa shape index (κ1) is 18.5. The molecule has 1 aliphatic heterocycles. The van der Waals surface area contributed by atoms with Gasteiger partial charge in [-0.15, -0.1) is 5.10 Å². The SMILES string of the molecule is Cc1[nH]c(/C=C2/C(=O)NN=C2c2nccnn2)c(C(C)C)c1CCNC1CC1. The van der Waals surface area contributed by atoms with Crippen LogP contribution >= 0.6 is 0 Å². The molecule has 1 fully saturated rings. The van der Waals surface area contributed by atoms with Crippen LogP contribution in [0.4, 0.5) is 0 Å². The maximum atomic E-state index is 12.4. The van der Waals surface area contributed by atoms with Crippen molar-refractivity contribution >= 4 is 17.7 Å². The average Bonchev–Trinajstić information content (AvgIpc) is 3.36. The number of nitrogens with zero attached hydrogens (tertiary/aromatic N) is 4. The lowest BCUT2D eigenvalue weighted by Crippen LogP contribution is -2.20. The normalized spacial score (nSPS) is 18.1. The van der Waals surface area contributed by atoms with Crippen molar-refractivity contribution in [2.24, 2.45) is 5.10 Å². The van der Waals surface area contributed by atoms with Crippen molar-refractivity contribution in [3.63, 3.8) is 0 Å². The number of carbonyl (C=O) groups is 1. The van der Waals surface area contributed by atoms with Gasteiger partial charge in [0.05, 0.1) is 11.8 Å². The first-order valence-corrected chi connectivity index (χ1v) is 9.73. The monoisotopic (exact) mass is 379 g/mol. The van der Waals surface area contributed by atoms with Gasteiger partial charge in [0.1, 0.15) is 5.71 Å². The number of carbonyl (C=O) groups excluding carboxylic acids is 1. The van der Waals surface area contributed by atoms with Gasteiger partial charge in [-0.1, -0.05) is 13.8 Å². The molecular weight excluding hydrogens is 354 g/mol. The molecule has 0 radical (unpaired) electrons. The highest BCUT2D eigenvalue weighted by molar-refractivity contribution is 6.32. The Morgan fingerprint density at radius 2 is 2.14 bits per heavy atom. The molecule has 146 valence electrons. The van der Waals surface area contributed by atoms with Gasteiger partial charge in [0.15, 0.2) is 0 Å². The highest BCUT2D eigenvalue weighted by Crippen LogP contribution is 2.30. The standard InChI is InChI=1S/C20H25N7O/c1-11(2)17-14(6-7-21-13-4-5-13)12(3)24-16(17)10-15-18(25-27-20(15)28)19-22-8-9-23-26-19/h8-11,13,21,24H,4-7H2,1-3H3,(H,27,28)/b15-10+. The molecule has 0 aromatic carbocycles. The molecule has 2 aliphatic rings. The summed E-state index contributed by atoms with van der Waals surface area (Å²) in [5.41, 5.74) is 8.02. The molecule has 28 heavy (non-hydrogen) atoms. The number of nitrogens with one attached hydrogen (secondary N) is 3. The van der Waals surface area contributed by atoms with Crippen LogP contribution in [0.5, 0.6) is 0 Å². The Bertz CT molecular complexity index is 939. The van der Waals surface area contributed by atoms with Crippen LogP contribution in [-0.2, 0) is 11.2 Å². The van der Waals surface area contributed by atoms with E-state index in [1.165, 1.54) is 36.4 Å². The van der Waals surface area contributed by atoms with Gasteiger partial charge >= 0.3 is 0 Å². The van der Waals surface area contributed by atoms with Gasteiger partial charge < -0.3 is 10.3 Å². The number of rotatable bonds is 7. The molecule has 2 aromatic rings.